The number of amides is 1. The SMILES string of the molecule is CC12CC3CC(C1)CC(C(=O)NC1(C)CCNC1)(C3)C2. The third-order valence-electron chi connectivity index (χ3n) is 6.62. The Labute approximate surface area is 122 Å². The molecule has 1 aliphatic heterocycles. The Hall–Kier alpha value is -0.570. The van der Waals surface area contributed by atoms with Gasteiger partial charge in [-0.25, -0.2) is 0 Å². The van der Waals surface area contributed by atoms with Gasteiger partial charge < -0.3 is 10.6 Å². The maximum atomic E-state index is 13.1. The molecule has 3 atom stereocenters. The van der Waals surface area contributed by atoms with Gasteiger partial charge in [-0.1, -0.05) is 6.92 Å². The van der Waals surface area contributed by atoms with Gasteiger partial charge in [-0.05, 0) is 75.7 Å². The first-order chi connectivity index (χ1) is 9.41. The fourth-order valence-electron chi connectivity index (χ4n) is 6.32. The van der Waals surface area contributed by atoms with Crippen molar-refractivity contribution in [1.29, 1.82) is 0 Å². The topological polar surface area (TPSA) is 41.1 Å². The van der Waals surface area contributed by atoms with Crippen molar-refractivity contribution in [2.45, 2.75) is 64.3 Å². The zero-order valence-electron chi connectivity index (χ0n) is 12.9. The van der Waals surface area contributed by atoms with E-state index in [1.165, 1.54) is 19.3 Å². The Morgan fingerprint density at radius 1 is 1.15 bits per heavy atom. The first-order valence-electron chi connectivity index (χ1n) is 8.44. The largest absolute Gasteiger partial charge is 0.349 e. The van der Waals surface area contributed by atoms with Crippen LogP contribution in [-0.2, 0) is 4.79 Å². The molecule has 5 fully saturated rings. The summed E-state index contributed by atoms with van der Waals surface area (Å²) in [4.78, 5) is 13.1. The van der Waals surface area contributed by atoms with Crippen molar-refractivity contribution in [1.82, 2.24) is 10.6 Å². The first-order valence-corrected chi connectivity index (χ1v) is 8.44. The zero-order valence-corrected chi connectivity index (χ0v) is 12.9. The van der Waals surface area contributed by atoms with Crippen molar-refractivity contribution in [3.63, 3.8) is 0 Å². The van der Waals surface area contributed by atoms with E-state index in [4.69, 9.17) is 0 Å². The van der Waals surface area contributed by atoms with E-state index in [2.05, 4.69) is 24.5 Å². The number of carbonyl (C=O) groups excluding carboxylic acids is 1. The van der Waals surface area contributed by atoms with Gasteiger partial charge in [0.2, 0.25) is 5.91 Å². The molecule has 5 rings (SSSR count). The molecule has 20 heavy (non-hydrogen) atoms. The zero-order chi connectivity index (χ0) is 14.0. The second-order valence-electron chi connectivity index (χ2n) is 8.99. The smallest absolute Gasteiger partial charge is 0.226 e. The number of hydrogen-bond acceptors (Lipinski definition) is 2. The molecule has 3 unspecified atom stereocenters. The molecular formula is C17H28N2O. The summed E-state index contributed by atoms with van der Waals surface area (Å²) < 4.78 is 0. The molecule has 4 aliphatic carbocycles. The van der Waals surface area contributed by atoms with Crippen molar-refractivity contribution in [2.24, 2.45) is 22.7 Å². The van der Waals surface area contributed by atoms with E-state index in [9.17, 15) is 4.79 Å². The molecule has 4 saturated carbocycles. The third-order valence-corrected chi connectivity index (χ3v) is 6.62. The van der Waals surface area contributed by atoms with E-state index in [0.717, 1.165) is 50.6 Å². The van der Waals surface area contributed by atoms with Crippen LogP contribution in [0, 0.1) is 22.7 Å². The fourth-order valence-corrected chi connectivity index (χ4v) is 6.32. The molecule has 1 saturated heterocycles. The maximum Gasteiger partial charge on any atom is 0.226 e. The molecule has 0 spiro atoms. The van der Waals surface area contributed by atoms with Gasteiger partial charge in [0.05, 0.1) is 11.0 Å². The minimum absolute atomic E-state index is 0.0126. The van der Waals surface area contributed by atoms with Crippen LogP contribution in [0.4, 0.5) is 0 Å². The maximum absolute atomic E-state index is 13.1. The normalized spacial score (nSPS) is 53.3. The minimum Gasteiger partial charge on any atom is -0.349 e. The Bertz CT molecular complexity index is 424. The highest BCUT2D eigenvalue weighted by Crippen LogP contribution is 2.65. The van der Waals surface area contributed by atoms with Crippen LogP contribution in [0.5, 0.6) is 0 Å². The standard InChI is InChI=1S/C17H28N2O/c1-15-6-12-5-13(7-15)9-17(8-12,10-15)14(20)19-16(2)3-4-18-11-16/h12-13,18H,3-11H2,1-2H3,(H,19,20). The van der Waals surface area contributed by atoms with Crippen LogP contribution in [-0.4, -0.2) is 24.5 Å². The summed E-state index contributed by atoms with van der Waals surface area (Å²) in [5.74, 6) is 2.02. The van der Waals surface area contributed by atoms with Crippen molar-refractivity contribution in [2.75, 3.05) is 13.1 Å². The Morgan fingerprint density at radius 2 is 1.85 bits per heavy atom. The fraction of sp³-hybridized carbons (Fsp3) is 0.941. The van der Waals surface area contributed by atoms with Crippen molar-refractivity contribution < 1.29 is 4.79 Å². The molecule has 3 nitrogen and oxygen atoms in total. The minimum atomic E-state index is -0.0234. The van der Waals surface area contributed by atoms with E-state index in [1.807, 2.05) is 0 Å². The van der Waals surface area contributed by atoms with Gasteiger partial charge in [-0.15, -0.1) is 0 Å². The van der Waals surface area contributed by atoms with Crippen molar-refractivity contribution in [3.8, 4) is 0 Å². The second kappa shape index (κ2) is 4.00. The van der Waals surface area contributed by atoms with E-state index in [1.54, 1.807) is 0 Å². The van der Waals surface area contributed by atoms with E-state index < -0.39 is 0 Å². The van der Waals surface area contributed by atoms with Crippen LogP contribution in [0.15, 0.2) is 0 Å². The highest BCUT2D eigenvalue weighted by molar-refractivity contribution is 5.84. The summed E-state index contributed by atoms with van der Waals surface area (Å²) >= 11 is 0. The molecule has 0 aromatic rings. The lowest BCUT2D eigenvalue weighted by atomic mass is 9.44. The lowest BCUT2D eigenvalue weighted by Gasteiger charge is -2.60. The van der Waals surface area contributed by atoms with Crippen molar-refractivity contribution in [3.05, 3.63) is 0 Å². The van der Waals surface area contributed by atoms with Crippen LogP contribution in [0.25, 0.3) is 0 Å². The first kappa shape index (κ1) is 13.1. The Balaban J connectivity index is 1.56. The molecule has 0 aromatic carbocycles. The van der Waals surface area contributed by atoms with Gasteiger partial charge in [0.25, 0.3) is 0 Å². The average Bonchev–Trinajstić information content (AvgIpc) is 2.72. The highest BCUT2D eigenvalue weighted by Gasteiger charge is 2.59. The predicted octanol–water partition coefficient (Wildman–Crippen LogP) is 2.46. The molecule has 3 heteroatoms. The van der Waals surface area contributed by atoms with E-state index >= 15 is 0 Å². The monoisotopic (exact) mass is 276 g/mol. The van der Waals surface area contributed by atoms with Crippen LogP contribution in [0.2, 0.25) is 0 Å². The number of hydrogen-bond donors (Lipinski definition) is 2. The van der Waals surface area contributed by atoms with Gasteiger partial charge >= 0.3 is 0 Å². The van der Waals surface area contributed by atoms with Crippen molar-refractivity contribution >= 4 is 5.91 Å². The third kappa shape index (κ3) is 1.93. The van der Waals surface area contributed by atoms with Gasteiger partial charge in [-0.2, -0.15) is 0 Å². The van der Waals surface area contributed by atoms with E-state index in [0.29, 0.717) is 11.3 Å². The van der Waals surface area contributed by atoms with Gasteiger partial charge in [-0.3, -0.25) is 4.79 Å². The van der Waals surface area contributed by atoms with Crippen LogP contribution >= 0.6 is 0 Å². The molecule has 112 valence electrons. The van der Waals surface area contributed by atoms with Gasteiger partial charge in [0.15, 0.2) is 0 Å². The summed E-state index contributed by atoms with van der Waals surface area (Å²) in [7, 11) is 0. The van der Waals surface area contributed by atoms with E-state index in [-0.39, 0.29) is 11.0 Å². The lowest BCUT2D eigenvalue weighted by molar-refractivity contribution is -0.156. The lowest BCUT2D eigenvalue weighted by Crippen LogP contribution is -2.60. The summed E-state index contributed by atoms with van der Waals surface area (Å²) in [6.07, 6.45) is 8.67. The summed E-state index contributed by atoms with van der Waals surface area (Å²) in [5, 5.41) is 6.81. The number of carbonyl (C=O) groups is 1. The molecule has 2 N–H and O–H groups in total. The summed E-state index contributed by atoms with van der Waals surface area (Å²) in [5.41, 5.74) is 0.419. The van der Waals surface area contributed by atoms with Crippen LogP contribution in [0.1, 0.15) is 58.8 Å². The molecule has 0 radical (unpaired) electrons. The quantitative estimate of drug-likeness (QED) is 0.813. The molecule has 5 aliphatic rings. The molecule has 1 heterocycles. The van der Waals surface area contributed by atoms with Crippen LogP contribution in [0.3, 0.4) is 0 Å². The number of rotatable bonds is 2. The Kier molecular flexibility index (Phi) is 2.62. The van der Waals surface area contributed by atoms with Gasteiger partial charge in [0.1, 0.15) is 0 Å². The average molecular weight is 276 g/mol. The molecule has 4 bridgehead atoms. The Morgan fingerprint density at radius 3 is 2.40 bits per heavy atom. The molecular weight excluding hydrogens is 248 g/mol. The second-order valence-corrected chi connectivity index (χ2v) is 8.99. The number of nitrogens with one attached hydrogen (secondary N) is 2. The molecule has 1 amide bonds. The summed E-state index contributed by atoms with van der Waals surface area (Å²) in [6.45, 7) is 6.60. The van der Waals surface area contributed by atoms with Crippen LogP contribution < -0.4 is 10.6 Å². The highest BCUT2D eigenvalue weighted by atomic mass is 16.2. The summed E-state index contributed by atoms with van der Waals surface area (Å²) in [6, 6.07) is 0. The van der Waals surface area contributed by atoms with Gasteiger partial charge in [0, 0.05) is 6.54 Å². The molecule has 0 aromatic heterocycles. The predicted molar refractivity (Wildman–Crippen MR) is 79.3 cm³/mol.